The van der Waals surface area contributed by atoms with E-state index in [1.54, 1.807) is 6.20 Å². The van der Waals surface area contributed by atoms with E-state index in [9.17, 15) is 0 Å². The number of halogens is 1. The first kappa shape index (κ1) is 12.2. The number of fused-ring (bicyclic) bond motifs is 2. The molecule has 4 rings (SSSR count). The molecule has 0 aliphatic rings. The highest BCUT2D eigenvalue weighted by molar-refractivity contribution is 6.31. The molecule has 4 nitrogen and oxygen atoms in total. The molecule has 4 aromatic rings. The van der Waals surface area contributed by atoms with Crippen LogP contribution in [0, 0.1) is 0 Å². The summed E-state index contributed by atoms with van der Waals surface area (Å²) in [6.07, 6.45) is 1.78. The summed E-state index contributed by atoms with van der Waals surface area (Å²) in [4.78, 5) is 8.77. The summed E-state index contributed by atoms with van der Waals surface area (Å²) in [6.45, 7) is 0. The van der Waals surface area contributed by atoms with Crippen molar-refractivity contribution < 1.29 is 0 Å². The van der Waals surface area contributed by atoms with E-state index in [1.807, 2.05) is 53.1 Å². The molecule has 0 atom stereocenters. The maximum Gasteiger partial charge on any atom is 0.205 e. The number of rotatable bonds is 1. The number of nitrogens with two attached hydrogens (primary N) is 1. The van der Waals surface area contributed by atoms with Crippen molar-refractivity contribution in [2.75, 3.05) is 5.73 Å². The normalized spacial score (nSPS) is 11.3. The zero-order valence-electron chi connectivity index (χ0n) is 11.0. The van der Waals surface area contributed by atoms with Crippen LogP contribution in [0.2, 0.25) is 5.02 Å². The predicted molar refractivity (Wildman–Crippen MR) is 85.8 cm³/mol. The number of hydrogen-bond donors (Lipinski definition) is 1. The van der Waals surface area contributed by atoms with Gasteiger partial charge in [0, 0.05) is 16.6 Å². The zero-order valence-corrected chi connectivity index (χ0v) is 11.7. The van der Waals surface area contributed by atoms with Crippen molar-refractivity contribution in [1.29, 1.82) is 0 Å². The molecule has 0 fully saturated rings. The van der Waals surface area contributed by atoms with Gasteiger partial charge >= 0.3 is 0 Å². The number of nitrogen functional groups attached to an aromatic ring is 1. The van der Waals surface area contributed by atoms with Gasteiger partial charge in [-0.2, -0.15) is 0 Å². The smallest absolute Gasteiger partial charge is 0.205 e. The van der Waals surface area contributed by atoms with Crippen molar-refractivity contribution in [3.8, 4) is 5.69 Å². The zero-order chi connectivity index (χ0) is 14.4. The molecule has 0 spiro atoms. The highest BCUT2D eigenvalue weighted by Gasteiger charge is 2.12. The van der Waals surface area contributed by atoms with E-state index in [-0.39, 0.29) is 0 Å². The van der Waals surface area contributed by atoms with Crippen molar-refractivity contribution >= 4 is 39.5 Å². The summed E-state index contributed by atoms with van der Waals surface area (Å²) >= 11 is 6.02. The number of anilines is 1. The minimum Gasteiger partial charge on any atom is -0.369 e. The molecule has 2 heterocycles. The number of hydrogen-bond acceptors (Lipinski definition) is 3. The van der Waals surface area contributed by atoms with Crippen LogP contribution >= 0.6 is 11.6 Å². The Morgan fingerprint density at radius 1 is 1.00 bits per heavy atom. The maximum absolute atomic E-state index is 6.11. The molecule has 2 aromatic heterocycles. The Hall–Kier alpha value is -2.59. The Balaban J connectivity index is 2.11. The monoisotopic (exact) mass is 294 g/mol. The van der Waals surface area contributed by atoms with Crippen molar-refractivity contribution in [1.82, 2.24) is 14.5 Å². The van der Waals surface area contributed by atoms with Crippen molar-refractivity contribution in [2.24, 2.45) is 0 Å². The van der Waals surface area contributed by atoms with Crippen LogP contribution in [0.4, 0.5) is 5.95 Å². The maximum atomic E-state index is 6.11. The molecule has 0 aliphatic heterocycles. The van der Waals surface area contributed by atoms with E-state index in [0.29, 0.717) is 11.0 Å². The van der Waals surface area contributed by atoms with Crippen LogP contribution < -0.4 is 5.73 Å². The second-order valence-corrected chi connectivity index (χ2v) is 5.22. The summed E-state index contributed by atoms with van der Waals surface area (Å²) in [6, 6.07) is 15.5. The minimum atomic E-state index is 0.434. The van der Waals surface area contributed by atoms with Gasteiger partial charge < -0.3 is 5.73 Å². The Bertz CT molecular complexity index is 969. The molecule has 0 bridgehead atoms. The first-order chi connectivity index (χ1) is 10.2. The van der Waals surface area contributed by atoms with Gasteiger partial charge in [-0.25, -0.2) is 4.98 Å². The van der Waals surface area contributed by atoms with Crippen molar-refractivity contribution in [3.05, 3.63) is 59.8 Å². The fourth-order valence-corrected chi connectivity index (χ4v) is 2.77. The number of benzene rings is 2. The van der Waals surface area contributed by atoms with Gasteiger partial charge in [0.05, 0.1) is 22.2 Å². The molecular formula is C16H11ClN4. The Kier molecular flexibility index (Phi) is 2.59. The average molecular weight is 295 g/mol. The molecule has 0 unspecified atom stereocenters. The lowest BCUT2D eigenvalue weighted by Crippen LogP contribution is -2.01. The molecule has 2 aromatic carbocycles. The fraction of sp³-hybridized carbons (Fsp3) is 0. The van der Waals surface area contributed by atoms with Crippen LogP contribution in [0.25, 0.3) is 27.6 Å². The molecule has 0 saturated carbocycles. The topological polar surface area (TPSA) is 56.7 Å². The van der Waals surface area contributed by atoms with Gasteiger partial charge in [-0.3, -0.25) is 9.55 Å². The van der Waals surface area contributed by atoms with Gasteiger partial charge in [-0.15, -0.1) is 0 Å². The first-order valence-electron chi connectivity index (χ1n) is 6.51. The van der Waals surface area contributed by atoms with Crippen LogP contribution in [0.1, 0.15) is 0 Å². The molecule has 0 radical (unpaired) electrons. The molecule has 0 saturated heterocycles. The molecular weight excluding hydrogens is 284 g/mol. The van der Waals surface area contributed by atoms with E-state index in [0.717, 1.165) is 27.6 Å². The van der Waals surface area contributed by atoms with Gasteiger partial charge in [-0.05, 0) is 42.5 Å². The summed E-state index contributed by atoms with van der Waals surface area (Å²) < 4.78 is 1.93. The fourth-order valence-electron chi connectivity index (χ4n) is 2.61. The van der Waals surface area contributed by atoms with Crippen molar-refractivity contribution in [2.45, 2.75) is 0 Å². The van der Waals surface area contributed by atoms with Crippen LogP contribution in [0.3, 0.4) is 0 Å². The van der Waals surface area contributed by atoms with Gasteiger partial charge in [0.2, 0.25) is 5.95 Å². The lowest BCUT2D eigenvalue weighted by molar-refractivity contribution is 1.12. The molecule has 5 heteroatoms. The first-order valence-corrected chi connectivity index (χ1v) is 6.89. The number of nitrogens with zero attached hydrogens (tertiary/aromatic N) is 3. The van der Waals surface area contributed by atoms with Crippen LogP contribution in [-0.2, 0) is 0 Å². The Morgan fingerprint density at radius 3 is 2.81 bits per heavy atom. The summed E-state index contributed by atoms with van der Waals surface area (Å²) in [7, 11) is 0. The van der Waals surface area contributed by atoms with E-state index in [1.165, 1.54) is 0 Å². The predicted octanol–water partition coefficient (Wildman–Crippen LogP) is 3.81. The molecule has 0 aliphatic carbocycles. The molecule has 0 amide bonds. The molecule has 102 valence electrons. The summed E-state index contributed by atoms with van der Waals surface area (Å²) in [5.74, 6) is 0.434. The quantitative estimate of drug-likeness (QED) is 0.581. The summed E-state index contributed by atoms with van der Waals surface area (Å²) in [5.41, 5.74) is 9.70. The van der Waals surface area contributed by atoms with Crippen LogP contribution in [-0.4, -0.2) is 14.5 Å². The lowest BCUT2D eigenvalue weighted by atomic mass is 10.1. The van der Waals surface area contributed by atoms with Crippen molar-refractivity contribution in [3.63, 3.8) is 0 Å². The summed E-state index contributed by atoms with van der Waals surface area (Å²) in [5, 5.41) is 1.67. The Morgan fingerprint density at radius 2 is 1.90 bits per heavy atom. The third-order valence-electron chi connectivity index (χ3n) is 3.51. The van der Waals surface area contributed by atoms with Gasteiger partial charge in [-0.1, -0.05) is 17.7 Å². The van der Waals surface area contributed by atoms with E-state index in [2.05, 4.69) is 9.97 Å². The highest BCUT2D eigenvalue weighted by atomic mass is 35.5. The minimum absolute atomic E-state index is 0.434. The van der Waals surface area contributed by atoms with E-state index >= 15 is 0 Å². The molecule has 2 N–H and O–H groups in total. The SMILES string of the molecule is Nc1nc2cc(Cl)ccc2n1-c1cccc2ncccc12. The van der Waals surface area contributed by atoms with E-state index < -0.39 is 0 Å². The second-order valence-electron chi connectivity index (χ2n) is 4.79. The highest BCUT2D eigenvalue weighted by Crippen LogP contribution is 2.29. The van der Waals surface area contributed by atoms with Gasteiger partial charge in [0.15, 0.2) is 0 Å². The number of imidazole rings is 1. The van der Waals surface area contributed by atoms with Crippen LogP contribution in [0.15, 0.2) is 54.7 Å². The third-order valence-corrected chi connectivity index (χ3v) is 3.74. The largest absolute Gasteiger partial charge is 0.369 e. The number of pyridine rings is 1. The van der Waals surface area contributed by atoms with Crippen LogP contribution in [0.5, 0.6) is 0 Å². The standard InChI is InChI=1S/C16H11ClN4/c17-10-6-7-15-13(9-10)20-16(18)21(15)14-5-1-4-12-11(14)3-2-8-19-12/h1-9H,(H2,18,20). The Labute approximate surface area is 125 Å². The van der Waals surface area contributed by atoms with E-state index in [4.69, 9.17) is 17.3 Å². The van der Waals surface area contributed by atoms with Gasteiger partial charge in [0.1, 0.15) is 0 Å². The average Bonchev–Trinajstić information content (AvgIpc) is 2.81. The third kappa shape index (κ3) is 1.84. The van der Waals surface area contributed by atoms with Gasteiger partial charge in [0.25, 0.3) is 0 Å². The second kappa shape index (κ2) is 4.46. The molecule has 21 heavy (non-hydrogen) atoms. The number of aromatic nitrogens is 3. The lowest BCUT2D eigenvalue weighted by Gasteiger charge is -2.09.